The van der Waals surface area contributed by atoms with Crippen molar-refractivity contribution < 1.29 is 14.3 Å². The highest BCUT2D eigenvalue weighted by molar-refractivity contribution is 6.42. The number of carbonyl (C=O) groups excluding carboxylic acids is 2. The van der Waals surface area contributed by atoms with Crippen LogP contribution in [-0.2, 0) is 21.5 Å². The summed E-state index contributed by atoms with van der Waals surface area (Å²) in [5, 5.41) is 3.41. The summed E-state index contributed by atoms with van der Waals surface area (Å²) in [5.74, 6) is 0.0832. The molecule has 0 aliphatic carbocycles. The molecule has 1 atom stereocenters. The number of nitrogens with one attached hydrogen (secondary N) is 1. The van der Waals surface area contributed by atoms with Gasteiger partial charge in [-0.25, -0.2) is 0 Å². The Morgan fingerprint density at radius 1 is 1.10 bits per heavy atom. The van der Waals surface area contributed by atoms with Crippen molar-refractivity contribution in [2.75, 3.05) is 13.7 Å². The Bertz CT molecular complexity index is 910. The maximum atomic E-state index is 13.1. The fourth-order valence-electron chi connectivity index (χ4n) is 3.06. The Labute approximate surface area is 188 Å². The molecule has 0 aliphatic rings. The number of hydrogen-bond acceptors (Lipinski definition) is 3. The summed E-state index contributed by atoms with van der Waals surface area (Å²) in [6, 6.07) is 12.1. The maximum Gasteiger partial charge on any atom is 0.261 e. The number of hydrogen-bond donors (Lipinski definition) is 1. The van der Waals surface area contributed by atoms with Gasteiger partial charge in [0.2, 0.25) is 5.91 Å². The molecule has 0 saturated carbocycles. The van der Waals surface area contributed by atoms with E-state index in [1.807, 2.05) is 24.3 Å². The van der Waals surface area contributed by atoms with Gasteiger partial charge in [0, 0.05) is 13.6 Å². The smallest absolute Gasteiger partial charge is 0.261 e. The molecule has 7 heteroatoms. The predicted molar refractivity (Wildman–Crippen MR) is 121 cm³/mol. The lowest BCUT2D eigenvalue weighted by Gasteiger charge is -2.29. The van der Waals surface area contributed by atoms with Gasteiger partial charge in [-0.1, -0.05) is 68.2 Å². The van der Waals surface area contributed by atoms with Gasteiger partial charge < -0.3 is 15.0 Å². The molecule has 0 saturated heterocycles. The van der Waals surface area contributed by atoms with Gasteiger partial charge in [0.1, 0.15) is 11.8 Å². The molecule has 0 spiro atoms. The molecule has 0 heterocycles. The summed E-state index contributed by atoms with van der Waals surface area (Å²) < 4.78 is 5.88. The lowest BCUT2D eigenvalue weighted by atomic mass is 9.86. The zero-order valence-corrected chi connectivity index (χ0v) is 19.5. The molecule has 0 unspecified atom stereocenters. The Morgan fingerprint density at radius 3 is 2.37 bits per heavy atom. The number of ether oxygens (including phenoxy) is 1. The van der Waals surface area contributed by atoms with Gasteiger partial charge in [-0.15, -0.1) is 0 Å². The maximum absolute atomic E-state index is 13.1. The van der Waals surface area contributed by atoms with E-state index in [0.29, 0.717) is 15.8 Å². The molecule has 2 rings (SSSR count). The van der Waals surface area contributed by atoms with Crippen LogP contribution in [0.2, 0.25) is 10.0 Å². The minimum Gasteiger partial charge on any atom is -0.483 e. The van der Waals surface area contributed by atoms with Crippen molar-refractivity contribution >= 4 is 35.0 Å². The largest absolute Gasteiger partial charge is 0.483 e. The van der Waals surface area contributed by atoms with Crippen molar-refractivity contribution in [3.05, 3.63) is 63.6 Å². The minimum atomic E-state index is -0.682. The van der Waals surface area contributed by atoms with Crippen LogP contribution in [0.1, 0.15) is 38.8 Å². The van der Waals surface area contributed by atoms with E-state index in [0.717, 1.165) is 11.1 Å². The van der Waals surface area contributed by atoms with E-state index in [1.165, 1.54) is 11.9 Å². The molecule has 0 radical (unpaired) electrons. The third kappa shape index (κ3) is 6.13. The second-order valence-electron chi connectivity index (χ2n) is 8.10. The molecule has 30 heavy (non-hydrogen) atoms. The lowest BCUT2D eigenvalue weighted by Crippen LogP contribution is -2.48. The van der Waals surface area contributed by atoms with E-state index in [1.54, 1.807) is 25.1 Å². The molecule has 0 aromatic heterocycles. The van der Waals surface area contributed by atoms with Crippen LogP contribution in [0.5, 0.6) is 5.75 Å². The minimum absolute atomic E-state index is 0.130. The van der Waals surface area contributed by atoms with E-state index in [2.05, 4.69) is 26.1 Å². The second-order valence-corrected chi connectivity index (χ2v) is 8.91. The van der Waals surface area contributed by atoms with Crippen molar-refractivity contribution in [1.29, 1.82) is 0 Å². The number of benzene rings is 2. The molecule has 0 fully saturated rings. The molecular formula is C23H28Cl2N2O3. The Morgan fingerprint density at radius 2 is 1.77 bits per heavy atom. The lowest BCUT2D eigenvalue weighted by molar-refractivity contribution is -0.142. The van der Waals surface area contributed by atoms with Crippen LogP contribution in [0.4, 0.5) is 0 Å². The van der Waals surface area contributed by atoms with E-state index in [4.69, 9.17) is 27.9 Å². The SMILES string of the molecule is CNC(=O)[C@H](C)N(Cc1ccc(Cl)c(Cl)c1)C(=O)COc1ccccc1C(C)(C)C. The molecule has 0 aliphatic heterocycles. The van der Waals surface area contributed by atoms with Crippen LogP contribution in [0.3, 0.4) is 0 Å². The third-order valence-corrected chi connectivity index (χ3v) is 5.54. The summed E-state index contributed by atoms with van der Waals surface area (Å²) in [7, 11) is 1.54. The monoisotopic (exact) mass is 450 g/mol. The zero-order chi connectivity index (χ0) is 22.5. The molecule has 2 aromatic carbocycles. The summed E-state index contributed by atoms with van der Waals surface area (Å²) in [4.78, 5) is 26.8. The quantitative estimate of drug-likeness (QED) is 0.656. The van der Waals surface area contributed by atoms with Crippen LogP contribution in [0.15, 0.2) is 42.5 Å². The molecule has 1 N–H and O–H groups in total. The Hall–Kier alpha value is -2.24. The molecule has 0 bridgehead atoms. The molecular weight excluding hydrogens is 423 g/mol. The first-order valence-corrected chi connectivity index (χ1v) is 10.5. The molecule has 162 valence electrons. The predicted octanol–water partition coefficient (Wildman–Crippen LogP) is 4.83. The number of likely N-dealkylation sites (N-methyl/N-ethyl adjacent to an activating group) is 1. The fourth-order valence-corrected chi connectivity index (χ4v) is 3.38. The van der Waals surface area contributed by atoms with Crippen molar-refractivity contribution in [3.63, 3.8) is 0 Å². The van der Waals surface area contributed by atoms with Gasteiger partial charge in [0.15, 0.2) is 6.61 Å². The van der Waals surface area contributed by atoms with Crippen molar-refractivity contribution in [1.82, 2.24) is 10.2 Å². The number of para-hydroxylation sites is 1. The van der Waals surface area contributed by atoms with Crippen molar-refractivity contribution in [2.24, 2.45) is 0 Å². The van der Waals surface area contributed by atoms with E-state index in [-0.39, 0.29) is 30.4 Å². The number of carbonyl (C=O) groups is 2. The average Bonchev–Trinajstić information content (AvgIpc) is 2.71. The number of nitrogens with zero attached hydrogens (tertiary/aromatic N) is 1. The van der Waals surface area contributed by atoms with Crippen molar-refractivity contribution in [3.8, 4) is 5.75 Å². The van der Waals surface area contributed by atoms with Gasteiger partial charge in [-0.2, -0.15) is 0 Å². The first-order valence-electron chi connectivity index (χ1n) is 9.72. The normalized spacial score (nSPS) is 12.2. The highest BCUT2D eigenvalue weighted by Gasteiger charge is 2.27. The summed E-state index contributed by atoms with van der Waals surface area (Å²) >= 11 is 12.1. The Balaban J connectivity index is 2.23. The van der Waals surface area contributed by atoms with Gasteiger partial charge in [-0.05, 0) is 41.7 Å². The zero-order valence-electron chi connectivity index (χ0n) is 18.0. The molecule has 2 aromatic rings. The van der Waals surface area contributed by atoms with Crippen LogP contribution in [0.25, 0.3) is 0 Å². The fraction of sp³-hybridized carbons (Fsp3) is 0.391. The van der Waals surface area contributed by atoms with E-state index < -0.39 is 6.04 Å². The number of rotatable bonds is 7. The Kier molecular flexibility index (Phi) is 8.16. The summed E-state index contributed by atoms with van der Waals surface area (Å²) in [5.41, 5.74) is 1.64. The number of amides is 2. The van der Waals surface area contributed by atoms with Gasteiger partial charge in [0.25, 0.3) is 5.91 Å². The van der Waals surface area contributed by atoms with Crippen LogP contribution in [0, 0.1) is 0 Å². The molecule has 2 amide bonds. The first kappa shape index (κ1) is 24.0. The van der Waals surface area contributed by atoms with Gasteiger partial charge >= 0.3 is 0 Å². The highest BCUT2D eigenvalue weighted by atomic mass is 35.5. The highest BCUT2D eigenvalue weighted by Crippen LogP contribution is 2.31. The van der Waals surface area contributed by atoms with Crippen molar-refractivity contribution in [2.45, 2.75) is 45.7 Å². The third-order valence-electron chi connectivity index (χ3n) is 4.80. The first-order chi connectivity index (χ1) is 14.0. The standard InChI is InChI=1S/C23H28Cl2N2O3/c1-15(22(29)26-5)27(13-16-10-11-18(24)19(25)12-16)21(28)14-30-20-9-7-6-8-17(20)23(2,3)4/h6-12,15H,13-14H2,1-5H3,(H,26,29)/t15-/m0/s1. The van der Waals surface area contributed by atoms with Gasteiger partial charge in [0.05, 0.1) is 10.0 Å². The van der Waals surface area contributed by atoms with Crippen LogP contribution >= 0.6 is 23.2 Å². The summed E-state index contributed by atoms with van der Waals surface area (Å²) in [6.07, 6.45) is 0. The number of halogens is 2. The summed E-state index contributed by atoms with van der Waals surface area (Å²) in [6.45, 7) is 7.95. The van der Waals surface area contributed by atoms with Gasteiger partial charge in [-0.3, -0.25) is 9.59 Å². The van der Waals surface area contributed by atoms with Crippen LogP contribution < -0.4 is 10.1 Å². The second kappa shape index (κ2) is 10.2. The van der Waals surface area contributed by atoms with Crippen LogP contribution in [-0.4, -0.2) is 36.4 Å². The van der Waals surface area contributed by atoms with E-state index >= 15 is 0 Å². The average molecular weight is 451 g/mol. The van der Waals surface area contributed by atoms with E-state index in [9.17, 15) is 9.59 Å². The topological polar surface area (TPSA) is 58.6 Å². The molecule has 5 nitrogen and oxygen atoms in total.